The molecule has 0 radical (unpaired) electrons. The number of carbonyl (C=O) groups is 3. The summed E-state index contributed by atoms with van der Waals surface area (Å²) in [4.78, 5) is 51.9. The molecule has 0 unspecified atom stereocenters. The van der Waals surface area contributed by atoms with Crippen molar-refractivity contribution in [3.63, 3.8) is 0 Å². The van der Waals surface area contributed by atoms with Gasteiger partial charge < -0.3 is 4.74 Å². The van der Waals surface area contributed by atoms with Crippen LogP contribution in [0.3, 0.4) is 0 Å². The topological polar surface area (TPSA) is 107 Å². The molecule has 3 aromatic rings. The Morgan fingerprint density at radius 3 is 2.73 bits per heavy atom. The standard InChI is InChI=1S/C17H13N3O5S/c21-14(19-16(23)13-6-3-7-26-13)9-25-15(22)8-20-10-18-12-5-2-1-4-11(12)17(20)24/h1-7,10H,8-9H2,(H,19,21,23). The van der Waals surface area contributed by atoms with Crippen molar-refractivity contribution < 1.29 is 19.1 Å². The van der Waals surface area contributed by atoms with Crippen LogP contribution in [-0.2, 0) is 20.9 Å². The molecular weight excluding hydrogens is 358 g/mol. The van der Waals surface area contributed by atoms with Crippen LogP contribution in [0.4, 0.5) is 0 Å². The number of amides is 2. The second-order valence-electron chi connectivity index (χ2n) is 5.21. The van der Waals surface area contributed by atoms with Gasteiger partial charge in [-0.1, -0.05) is 18.2 Å². The van der Waals surface area contributed by atoms with Crippen LogP contribution in [0.5, 0.6) is 0 Å². The molecule has 2 heterocycles. The number of hydrogen-bond acceptors (Lipinski definition) is 7. The van der Waals surface area contributed by atoms with Crippen LogP contribution in [-0.4, -0.2) is 33.9 Å². The van der Waals surface area contributed by atoms with Gasteiger partial charge in [-0.25, -0.2) is 4.98 Å². The first-order chi connectivity index (χ1) is 12.5. The Balaban J connectivity index is 1.56. The van der Waals surface area contributed by atoms with Crippen LogP contribution in [0.25, 0.3) is 10.9 Å². The number of carbonyl (C=O) groups excluding carboxylic acids is 3. The maximum absolute atomic E-state index is 12.3. The van der Waals surface area contributed by atoms with Gasteiger partial charge >= 0.3 is 5.97 Å². The molecule has 0 atom stereocenters. The average molecular weight is 371 g/mol. The van der Waals surface area contributed by atoms with Crippen molar-refractivity contribution in [2.45, 2.75) is 6.54 Å². The van der Waals surface area contributed by atoms with E-state index in [9.17, 15) is 19.2 Å². The zero-order chi connectivity index (χ0) is 18.5. The van der Waals surface area contributed by atoms with E-state index in [1.54, 1.807) is 41.8 Å². The van der Waals surface area contributed by atoms with Crippen LogP contribution < -0.4 is 10.9 Å². The van der Waals surface area contributed by atoms with Gasteiger partial charge in [-0.2, -0.15) is 0 Å². The number of ether oxygens (including phenoxy) is 1. The van der Waals surface area contributed by atoms with Gasteiger partial charge in [-0.3, -0.25) is 29.1 Å². The summed E-state index contributed by atoms with van der Waals surface area (Å²) in [6, 6.07) is 9.99. The van der Waals surface area contributed by atoms with Crippen LogP contribution in [0, 0.1) is 0 Å². The molecule has 2 aromatic heterocycles. The molecule has 1 aromatic carbocycles. The molecule has 1 N–H and O–H groups in total. The Bertz CT molecular complexity index is 1030. The molecule has 0 aliphatic heterocycles. The number of rotatable bonds is 5. The van der Waals surface area contributed by atoms with E-state index in [1.807, 2.05) is 0 Å². The predicted octanol–water partition coefficient (Wildman–Crippen LogP) is 0.958. The minimum absolute atomic E-state index is 0.374. The maximum atomic E-state index is 12.3. The summed E-state index contributed by atoms with van der Waals surface area (Å²) >= 11 is 1.18. The van der Waals surface area contributed by atoms with Crippen molar-refractivity contribution in [2.75, 3.05) is 6.61 Å². The van der Waals surface area contributed by atoms with Gasteiger partial charge in [0.1, 0.15) is 6.54 Å². The van der Waals surface area contributed by atoms with Crippen LogP contribution in [0.15, 0.2) is 52.9 Å². The third-order valence-electron chi connectivity index (χ3n) is 3.39. The molecule has 0 aliphatic carbocycles. The summed E-state index contributed by atoms with van der Waals surface area (Å²) in [5.74, 6) is -2.10. The van der Waals surface area contributed by atoms with Crippen molar-refractivity contribution in [3.8, 4) is 0 Å². The van der Waals surface area contributed by atoms with Crippen LogP contribution in [0.2, 0.25) is 0 Å². The normalized spacial score (nSPS) is 10.5. The van der Waals surface area contributed by atoms with Crippen molar-refractivity contribution in [1.29, 1.82) is 0 Å². The first kappa shape index (κ1) is 17.5. The third-order valence-corrected chi connectivity index (χ3v) is 4.26. The average Bonchev–Trinajstić information content (AvgIpc) is 3.17. The Morgan fingerprint density at radius 2 is 1.96 bits per heavy atom. The lowest BCUT2D eigenvalue weighted by molar-refractivity contribution is -0.148. The SMILES string of the molecule is O=C(COC(=O)Cn1cnc2ccccc2c1=O)NC(=O)c1cccs1. The first-order valence-electron chi connectivity index (χ1n) is 7.52. The van der Waals surface area contributed by atoms with Crippen molar-refractivity contribution in [1.82, 2.24) is 14.9 Å². The molecule has 26 heavy (non-hydrogen) atoms. The molecule has 3 rings (SSSR count). The van der Waals surface area contributed by atoms with Gasteiger partial charge in [0.05, 0.1) is 22.1 Å². The second-order valence-corrected chi connectivity index (χ2v) is 6.16. The van der Waals surface area contributed by atoms with E-state index in [-0.39, 0.29) is 12.1 Å². The van der Waals surface area contributed by atoms with E-state index in [0.29, 0.717) is 15.8 Å². The van der Waals surface area contributed by atoms with Gasteiger partial charge in [0.15, 0.2) is 6.61 Å². The predicted molar refractivity (Wildman–Crippen MR) is 93.8 cm³/mol. The number of nitrogens with one attached hydrogen (secondary N) is 1. The second kappa shape index (κ2) is 7.70. The summed E-state index contributed by atoms with van der Waals surface area (Å²) in [7, 11) is 0. The van der Waals surface area contributed by atoms with Crippen molar-refractivity contribution >= 4 is 40.0 Å². The monoisotopic (exact) mass is 371 g/mol. The molecule has 0 fully saturated rings. The van der Waals surface area contributed by atoms with Gasteiger partial charge in [0.25, 0.3) is 17.4 Å². The number of benzene rings is 1. The fraction of sp³-hybridized carbons (Fsp3) is 0.118. The molecule has 0 aliphatic rings. The molecule has 2 amide bonds. The van der Waals surface area contributed by atoms with E-state index < -0.39 is 24.4 Å². The number of imide groups is 1. The minimum atomic E-state index is -0.789. The smallest absolute Gasteiger partial charge is 0.326 e. The number of thiophene rings is 1. The molecule has 0 bridgehead atoms. The van der Waals surface area contributed by atoms with Crippen molar-refractivity contribution in [2.24, 2.45) is 0 Å². The van der Waals surface area contributed by atoms with E-state index in [4.69, 9.17) is 4.74 Å². The van der Waals surface area contributed by atoms with Crippen LogP contribution >= 0.6 is 11.3 Å². The maximum Gasteiger partial charge on any atom is 0.326 e. The molecular formula is C17H13N3O5S. The quantitative estimate of drug-likeness (QED) is 0.670. The summed E-state index contributed by atoms with van der Waals surface area (Å²) < 4.78 is 5.90. The number of nitrogens with zero attached hydrogens (tertiary/aromatic N) is 2. The number of esters is 1. The fourth-order valence-corrected chi connectivity index (χ4v) is 2.80. The molecule has 0 spiro atoms. The lowest BCUT2D eigenvalue weighted by Crippen LogP contribution is -2.34. The molecule has 8 nitrogen and oxygen atoms in total. The summed E-state index contributed by atoms with van der Waals surface area (Å²) in [5.41, 5.74) is 0.137. The zero-order valence-electron chi connectivity index (χ0n) is 13.4. The molecule has 0 saturated carbocycles. The number of hydrogen-bond donors (Lipinski definition) is 1. The Kier molecular flexibility index (Phi) is 5.18. The Morgan fingerprint density at radius 1 is 1.15 bits per heavy atom. The lowest BCUT2D eigenvalue weighted by Gasteiger charge is -2.07. The summed E-state index contributed by atoms with van der Waals surface area (Å²) in [6.07, 6.45) is 1.24. The van der Waals surface area contributed by atoms with Gasteiger partial charge in [0.2, 0.25) is 0 Å². The van der Waals surface area contributed by atoms with E-state index in [0.717, 1.165) is 4.57 Å². The fourth-order valence-electron chi connectivity index (χ4n) is 2.18. The van der Waals surface area contributed by atoms with E-state index >= 15 is 0 Å². The van der Waals surface area contributed by atoms with Gasteiger partial charge in [-0.15, -0.1) is 11.3 Å². The van der Waals surface area contributed by atoms with Gasteiger partial charge in [0, 0.05) is 0 Å². The summed E-state index contributed by atoms with van der Waals surface area (Å²) in [5, 5.41) is 4.19. The summed E-state index contributed by atoms with van der Waals surface area (Å²) in [6.45, 7) is -1.01. The van der Waals surface area contributed by atoms with Crippen LogP contribution in [0.1, 0.15) is 9.67 Å². The lowest BCUT2D eigenvalue weighted by atomic mass is 10.2. The molecule has 9 heteroatoms. The number of para-hydroxylation sites is 1. The minimum Gasteiger partial charge on any atom is -0.454 e. The third kappa shape index (κ3) is 4.01. The van der Waals surface area contributed by atoms with Gasteiger partial charge in [-0.05, 0) is 23.6 Å². The molecule has 132 valence electrons. The largest absolute Gasteiger partial charge is 0.454 e. The highest BCUT2D eigenvalue weighted by atomic mass is 32.1. The highest BCUT2D eigenvalue weighted by molar-refractivity contribution is 7.12. The zero-order valence-corrected chi connectivity index (χ0v) is 14.2. The molecule has 0 saturated heterocycles. The highest BCUT2D eigenvalue weighted by Gasteiger charge is 2.14. The van der Waals surface area contributed by atoms with E-state index in [1.165, 1.54) is 17.7 Å². The Hall–Kier alpha value is -3.33. The number of fused-ring (bicyclic) bond motifs is 1. The first-order valence-corrected chi connectivity index (χ1v) is 8.40. The van der Waals surface area contributed by atoms with E-state index in [2.05, 4.69) is 10.3 Å². The Labute approximate surface area is 151 Å². The van der Waals surface area contributed by atoms with Crippen molar-refractivity contribution in [3.05, 3.63) is 63.3 Å². The number of aromatic nitrogens is 2. The highest BCUT2D eigenvalue weighted by Crippen LogP contribution is 2.07.